The molecule has 10 nitrogen and oxygen atoms in total. The topological polar surface area (TPSA) is 136 Å². The highest BCUT2D eigenvalue weighted by Crippen LogP contribution is 2.29. The largest absolute Gasteiger partial charge is 0.490 e. The quantitative estimate of drug-likeness (QED) is 0.569. The van der Waals surface area contributed by atoms with Gasteiger partial charge >= 0.3 is 12.1 Å². The molecule has 2 aromatic heterocycles. The number of aromatic nitrogens is 4. The van der Waals surface area contributed by atoms with Crippen molar-refractivity contribution in [2.75, 3.05) is 19.3 Å². The Hall–Kier alpha value is -3.26. The summed E-state index contributed by atoms with van der Waals surface area (Å²) in [6, 6.07) is 6.57. The molecule has 1 aliphatic rings. The Labute approximate surface area is 186 Å². The van der Waals surface area contributed by atoms with Gasteiger partial charge in [-0.25, -0.2) is 27.9 Å². The molecule has 3 heterocycles. The van der Waals surface area contributed by atoms with Gasteiger partial charge in [0, 0.05) is 6.26 Å². The number of carbonyl (C=O) groups is 1. The summed E-state index contributed by atoms with van der Waals surface area (Å²) in [5.74, 6) is -1.85. The number of hydrogen-bond acceptors (Lipinski definition) is 8. The fourth-order valence-electron chi connectivity index (χ4n) is 3.11. The lowest BCUT2D eigenvalue weighted by atomic mass is 10.1. The van der Waals surface area contributed by atoms with Gasteiger partial charge in [0.2, 0.25) is 5.88 Å². The number of alkyl halides is 3. The van der Waals surface area contributed by atoms with Crippen LogP contribution in [0.3, 0.4) is 0 Å². The van der Waals surface area contributed by atoms with E-state index < -0.39 is 22.0 Å². The second-order valence-electron chi connectivity index (χ2n) is 7.13. The van der Waals surface area contributed by atoms with Gasteiger partial charge in [0.15, 0.2) is 15.5 Å². The Morgan fingerprint density at radius 1 is 1.18 bits per heavy atom. The summed E-state index contributed by atoms with van der Waals surface area (Å²) < 4.78 is 62.6. The maximum absolute atomic E-state index is 11.6. The van der Waals surface area contributed by atoms with Crippen LogP contribution in [-0.2, 0) is 14.6 Å². The predicted molar refractivity (Wildman–Crippen MR) is 110 cm³/mol. The van der Waals surface area contributed by atoms with Gasteiger partial charge in [0.1, 0.15) is 17.5 Å². The van der Waals surface area contributed by atoms with E-state index in [0.29, 0.717) is 17.7 Å². The summed E-state index contributed by atoms with van der Waals surface area (Å²) in [5, 5.41) is 15.7. The van der Waals surface area contributed by atoms with Crippen LogP contribution in [0.2, 0.25) is 0 Å². The monoisotopic (exact) mass is 487 g/mol. The minimum atomic E-state index is -5.08. The second kappa shape index (κ2) is 9.70. The van der Waals surface area contributed by atoms with Crippen molar-refractivity contribution in [3.63, 3.8) is 0 Å². The predicted octanol–water partition coefficient (Wildman–Crippen LogP) is 2.58. The van der Waals surface area contributed by atoms with Gasteiger partial charge in [-0.3, -0.25) is 0 Å². The van der Waals surface area contributed by atoms with Crippen molar-refractivity contribution in [3.8, 4) is 11.6 Å². The van der Waals surface area contributed by atoms with Gasteiger partial charge in [-0.1, -0.05) is 0 Å². The first-order chi connectivity index (χ1) is 15.5. The van der Waals surface area contributed by atoms with Crippen LogP contribution in [-0.4, -0.2) is 64.8 Å². The highest BCUT2D eigenvalue weighted by atomic mass is 32.2. The van der Waals surface area contributed by atoms with Gasteiger partial charge in [-0.05, 0) is 50.2 Å². The van der Waals surface area contributed by atoms with Crippen molar-refractivity contribution in [2.24, 2.45) is 0 Å². The molecule has 2 N–H and O–H groups in total. The van der Waals surface area contributed by atoms with E-state index in [9.17, 15) is 21.6 Å². The van der Waals surface area contributed by atoms with Crippen LogP contribution in [0.25, 0.3) is 11.0 Å². The smallest absolute Gasteiger partial charge is 0.475 e. The Kier molecular flexibility index (Phi) is 7.17. The molecule has 1 saturated heterocycles. The van der Waals surface area contributed by atoms with E-state index in [0.717, 1.165) is 37.0 Å². The lowest BCUT2D eigenvalue weighted by Gasteiger charge is -2.23. The molecule has 178 valence electrons. The summed E-state index contributed by atoms with van der Waals surface area (Å²) in [6.07, 6.45) is 1.28. The van der Waals surface area contributed by atoms with Crippen molar-refractivity contribution in [1.82, 2.24) is 25.1 Å². The minimum absolute atomic E-state index is 0.247. The molecule has 0 radical (unpaired) electrons. The van der Waals surface area contributed by atoms with Gasteiger partial charge in [0.25, 0.3) is 0 Å². The molecule has 33 heavy (non-hydrogen) atoms. The van der Waals surface area contributed by atoms with Crippen molar-refractivity contribution in [2.45, 2.75) is 30.0 Å². The zero-order valence-electron chi connectivity index (χ0n) is 17.3. The maximum Gasteiger partial charge on any atom is 0.490 e. The molecule has 1 aromatic carbocycles. The van der Waals surface area contributed by atoms with Crippen molar-refractivity contribution >= 4 is 26.8 Å². The Morgan fingerprint density at radius 2 is 1.79 bits per heavy atom. The van der Waals surface area contributed by atoms with Crippen molar-refractivity contribution < 1.29 is 36.2 Å². The number of nitrogens with one attached hydrogen (secondary N) is 1. The number of hydrogen-bond donors (Lipinski definition) is 2. The first-order valence-electron chi connectivity index (χ1n) is 9.64. The molecular weight excluding hydrogens is 467 g/mol. The fourth-order valence-corrected chi connectivity index (χ4v) is 3.74. The lowest BCUT2D eigenvalue weighted by molar-refractivity contribution is -0.192. The Morgan fingerprint density at radius 3 is 2.33 bits per heavy atom. The SMILES string of the molecule is CS(=O)(=O)c1ccc(Oc2ncnc3c2cnn3C2CCNCC2)cc1.O=C(O)C(F)(F)F. The van der Waals surface area contributed by atoms with Crippen molar-refractivity contribution in [1.29, 1.82) is 0 Å². The summed E-state index contributed by atoms with van der Waals surface area (Å²) in [5.41, 5.74) is 0.745. The summed E-state index contributed by atoms with van der Waals surface area (Å²) in [4.78, 5) is 17.7. The first-order valence-corrected chi connectivity index (χ1v) is 11.5. The van der Waals surface area contributed by atoms with E-state index in [1.165, 1.54) is 24.7 Å². The van der Waals surface area contributed by atoms with Crippen LogP contribution in [0, 0.1) is 0 Å². The van der Waals surface area contributed by atoms with Gasteiger partial charge < -0.3 is 15.2 Å². The van der Waals surface area contributed by atoms with Gasteiger partial charge in [-0.15, -0.1) is 0 Å². The molecule has 0 bridgehead atoms. The zero-order chi connectivity index (χ0) is 24.2. The molecule has 0 atom stereocenters. The maximum atomic E-state index is 11.6. The number of benzene rings is 1. The number of halogens is 3. The molecule has 0 amide bonds. The van der Waals surface area contributed by atoms with Crippen LogP contribution in [0.5, 0.6) is 11.6 Å². The molecule has 14 heteroatoms. The molecule has 0 saturated carbocycles. The van der Waals surface area contributed by atoms with Gasteiger partial charge in [0.05, 0.1) is 17.1 Å². The normalized spacial score (nSPS) is 15.0. The average Bonchev–Trinajstić information content (AvgIpc) is 3.19. The summed E-state index contributed by atoms with van der Waals surface area (Å²) in [7, 11) is -3.24. The van der Waals surface area contributed by atoms with E-state index in [2.05, 4.69) is 20.4 Å². The summed E-state index contributed by atoms with van der Waals surface area (Å²) >= 11 is 0. The Bertz CT molecular complexity index is 1220. The van der Waals surface area contributed by atoms with E-state index in [-0.39, 0.29) is 4.90 Å². The minimum Gasteiger partial charge on any atom is -0.475 e. The fraction of sp³-hybridized carbons (Fsp3) is 0.368. The van der Waals surface area contributed by atoms with E-state index in [1.54, 1.807) is 18.3 Å². The van der Waals surface area contributed by atoms with Crippen LogP contribution >= 0.6 is 0 Å². The zero-order valence-corrected chi connectivity index (χ0v) is 18.1. The molecule has 4 rings (SSSR count). The molecule has 1 fully saturated rings. The number of carboxylic acid groups (broad SMARTS) is 1. The van der Waals surface area contributed by atoms with Crippen LogP contribution in [0.15, 0.2) is 41.7 Å². The average molecular weight is 487 g/mol. The number of nitrogens with zero attached hydrogens (tertiary/aromatic N) is 4. The van der Waals surface area contributed by atoms with Gasteiger partial charge in [-0.2, -0.15) is 18.3 Å². The van der Waals surface area contributed by atoms with Crippen molar-refractivity contribution in [3.05, 3.63) is 36.8 Å². The molecule has 0 spiro atoms. The number of carboxylic acids is 1. The third-order valence-electron chi connectivity index (χ3n) is 4.72. The first kappa shape index (κ1) is 24.4. The number of fused-ring (bicyclic) bond motifs is 1. The number of sulfone groups is 1. The molecule has 0 aliphatic carbocycles. The standard InChI is InChI=1S/C17H19N5O3S.C2HF3O2/c1-26(23,24)14-4-2-13(3-5-14)25-17-15-10-21-22(16(15)19-11-20-17)12-6-8-18-9-7-12;3-2(4,5)1(6)7/h2-5,10-12,18H,6-9H2,1H3;(H,6,7). The highest BCUT2D eigenvalue weighted by Gasteiger charge is 2.38. The van der Waals surface area contributed by atoms with E-state index >= 15 is 0 Å². The number of piperidine rings is 1. The molecule has 0 unspecified atom stereocenters. The molecular formula is C19H20F3N5O5S. The highest BCUT2D eigenvalue weighted by molar-refractivity contribution is 7.90. The van der Waals surface area contributed by atoms with E-state index in [4.69, 9.17) is 14.6 Å². The van der Waals surface area contributed by atoms with Crippen LogP contribution in [0.1, 0.15) is 18.9 Å². The van der Waals surface area contributed by atoms with Crippen LogP contribution in [0.4, 0.5) is 13.2 Å². The second-order valence-corrected chi connectivity index (χ2v) is 9.15. The van der Waals surface area contributed by atoms with E-state index in [1.807, 2.05) is 4.68 Å². The Balaban J connectivity index is 0.000000383. The number of ether oxygens (including phenoxy) is 1. The summed E-state index contributed by atoms with van der Waals surface area (Å²) in [6.45, 7) is 1.93. The third-order valence-corrected chi connectivity index (χ3v) is 5.85. The number of rotatable bonds is 4. The third kappa shape index (κ3) is 6.16. The lowest BCUT2D eigenvalue weighted by Crippen LogP contribution is -2.29. The number of aliphatic carboxylic acids is 1. The molecule has 1 aliphatic heterocycles. The molecule has 3 aromatic rings. The van der Waals surface area contributed by atoms with Crippen LogP contribution < -0.4 is 10.1 Å².